The maximum atomic E-state index is 13.9. The molecule has 2 aromatic heterocycles. The SMILES string of the molecule is COc1ccccc1-n1c(SC(C)C(=O)Nc2ccccc2F)nnc1-c1cccs1. The Morgan fingerprint density at radius 2 is 1.90 bits per heavy atom. The minimum atomic E-state index is -0.548. The van der Waals surface area contributed by atoms with E-state index in [1.807, 2.05) is 46.3 Å². The number of hydrogen-bond acceptors (Lipinski definition) is 6. The van der Waals surface area contributed by atoms with Crippen LogP contribution < -0.4 is 10.1 Å². The molecule has 1 unspecified atom stereocenters. The van der Waals surface area contributed by atoms with Crippen molar-refractivity contribution in [1.82, 2.24) is 14.8 Å². The van der Waals surface area contributed by atoms with Crippen molar-refractivity contribution in [2.75, 3.05) is 12.4 Å². The molecule has 0 fully saturated rings. The van der Waals surface area contributed by atoms with Crippen molar-refractivity contribution in [3.63, 3.8) is 0 Å². The fraction of sp³-hybridized carbons (Fsp3) is 0.136. The maximum Gasteiger partial charge on any atom is 0.237 e. The van der Waals surface area contributed by atoms with Crippen LogP contribution in [0.4, 0.5) is 10.1 Å². The van der Waals surface area contributed by atoms with Gasteiger partial charge in [0.25, 0.3) is 0 Å². The molecule has 31 heavy (non-hydrogen) atoms. The van der Waals surface area contributed by atoms with Crippen LogP contribution in [0.1, 0.15) is 6.92 Å². The first-order valence-electron chi connectivity index (χ1n) is 9.43. The summed E-state index contributed by atoms with van der Waals surface area (Å²) in [6.45, 7) is 1.74. The van der Waals surface area contributed by atoms with Crippen LogP contribution in [0, 0.1) is 5.82 Å². The zero-order valence-electron chi connectivity index (χ0n) is 16.8. The summed E-state index contributed by atoms with van der Waals surface area (Å²) >= 11 is 2.79. The molecule has 0 bridgehead atoms. The van der Waals surface area contributed by atoms with E-state index in [9.17, 15) is 9.18 Å². The Bertz CT molecular complexity index is 1190. The average molecular weight is 455 g/mol. The second-order valence-corrected chi connectivity index (χ2v) is 8.78. The highest BCUT2D eigenvalue weighted by Gasteiger charge is 2.24. The number of para-hydroxylation sites is 3. The van der Waals surface area contributed by atoms with Gasteiger partial charge in [-0.15, -0.1) is 21.5 Å². The van der Waals surface area contributed by atoms with Gasteiger partial charge >= 0.3 is 0 Å². The molecule has 0 aliphatic rings. The van der Waals surface area contributed by atoms with Gasteiger partial charge in [-0.05, 0) is 42.6 Å². The van der Waals surface area contributed by atoms with E-state index in [0.717, 1.165) is 10.6 Å². The summed E-state index contributed by atoms with van der Waals surface area (Å²) in [4.78, 5) is 13.6. The second kappa shape index (κ2) is 9.32. The molecule has 158 valence electrons. The molecular formula is C22H19FN4O2S2. The molecule has 2 heterocycles. The van der Waals surface area contributed by atoms with Crippen molar-refractivity contribution in [1.29, 1.82) is 0 Å². The van der Waals surface area contributed by atoms with Gasteiger partial charge in [-0.2, -0.15) is 0 Å². The molecule has 4 rings (SSSR count). The first-order chi connectivity index (χ1) is 15.1. The van der Waals surface area contributed by atoms with Crippen molar-refractivity contribution in [2.24, 2.45) is 0 Å². The van der Waals surface area contributed by atoms with E-state index in [1.54, 1.807) is 37.5 Å². The van der Waals surface area contributed by atoms with Crippen LogP contribution in [0.3, 0.4) is 0 Å². The standard InChI is InChI=1S/C22H19FN4O2S2/c1-14(21(28)24-16-9-4-3-8-15(16)23)31-22-26-25-20(19-12-7-13-30-19)27(22)17-10-5-6-11-18(17)29-2/h3-14H,1-2H3,(H,24,28). The molecular weight excluding hydrogens is 435 g/mol. The summed E-state index contributed by atoms with van der Waals surface area (Å²) in [5.74, 6) is 0.502. The fourth-order valence-electron chi connectivity index (χ4n) is 2.95. The van der Waals surface area contributed by atoms with Crippen LogP contribution in [0.2, 0.25) is 0 Å². The zero-order chi connectivity index (χ0) is 21.8. The molecule has 1 N–H and O–H groups in total. The van der Waals surface area contributed by atoms with E-state index in [1.165, 1.54) is 23.9 Å². The van der Waals surface area contributed by atoms with Gasteiger partial charge in [-0.1, -0.05) is 42.1 Å². The van der Waals surface area contributed by atoms with Crippen molar-refractivity contribution in [3.8, 4) is 22.1 Å². The predicted octanol–water partition coefficient (Wildman–Crippen LogP) is 5.26. The van der Waals surface area contributed by atoms with Gasteiger partial charge in [0.05, 0.1) is 28.6 Å². The average Bonchev–Trinajstić information content (AvgIpc) is 3.45. The first-order valence-corrected chi connectivity index (χ1v) is 11.2. The molecule has 0 aliphatic heterocycles. The minimum Gasteiger partial charge on any atom is -0.495 e. The molecule has 0 saturated carbocycles. The number of anilines is 1. The Hall–Kier alpha value is -3.17. The van der Waals surface area contributed by atoms with Crippen LogP contribution in [0.25, 0.3) is 16.4 Å². The zero-order valence-corrected chi connectivity index (χ0v) is 18.4. The number of aromatic nitrogens is 3. The topological polar surface area (TPSA) is 69.0 Å². The number of thiophene rings is 1. The van der Waals surface area contributed by atoms with Gasteiger partial charge in [0.2, 0.25) is 5.91 Å². The fourth-order valence-corrected chi connectivity index (χ4v) is 4.51. The quantitative estimate of drug-likeness (QED) is 0.386. The van der Waals surface area contributed by atoms with Crippen LogP contribution in [0.15, 0.2) is 71.2 Å². The summed E-state index contributed by atoms with van der Waals surface area (Å²) in [6.07, 6.45) is 0. The highest BCUT2D eigenvalue weighted by atomic mass is 32.2. The number of hydrogen-bond donors (Lipinski definition) is 1. The first kappa shape index (κ1) is 21.1. The summed E-state index contributed by atoms with van der Waals surface area (Å²) in [6, 6.07) is 17.5. The van der Waals surface area contributed by atoms with Gasteiger partial charge in [0, 0.05) is 0 Å². The van der Waals surface area contributed by atoms with Crippen molar-refractivity contribution >= 4 is 34.7 Å². The largest absolute Gasteiger partial charge is 0.495 e. The van der Waals surface area contributed by atoms with Gasteiger partial charge in [-0.3, -0.25) is 9.36 Å². The normalized spacial score (nSPS) is 11.8. The molecule has 6 nitrogen and oxygen atoms in total. The number of thioether (sulfide) groups is 1. The molecule has 0 saturated heterocycles. The van der Waals surface area contributed by atoms with E-state index >= 15 is 0 Å². The number of nitrogens with zero attached hydrogens (tertiary/aromatic N) is 3. The van der Waals surface area contributed by atoms with Gasteiger partial charge in [0.15, 0.2) is 11.0 Å². The van der Waals surface area contributed by atoms with Crippen LogP contribution in [0.5, 0.6) is 5.75 Å². The lowest BCUT2D eigenvalue weighted by atomic mass is 10.3. The predicted molar refractivity (Wildman–Crippen MR) is 122 cm³/mol. The van der Waals surface area contributed by atoms with Crippen molar-refractivity contribution < 1.29 is 13.9 Å². The lowest BCUT2D eigenvalue weighted by Gasteiger charge is -2.15. The number of amides is 1. The van der Waals surface area contributed by atoms with E-state index in [4.69, 9.17) is 4.74 Å². The molecule has 0 spiro atoms. The monoisotopic (exact) mass is 454 g/mol. The third kappa shape index (κ3) is 4.47. The second-order valence-electron chi connectivity index (χ2n) is 6.52. The molecule has 1 atom stereocenters. The Morgan fingerprint density at radius 1 is 1.13 bits per heavy atom. The van der Waals surface area contributed by atoms with Crippen molar-refractivity contribution in [3.05, 3.63) is 71.9 Å². The molecule has 1 amide bonds. The van der Waals surface area contributed by atoms with E-state index in [2.05, 4.69) is 15.5 Å². The van der Waals surface area contributed by atoms with Crippen molar-refractivity contribution in [2.45, 2.75) is 17.3 Å². The third-order valence-corrected chi connectivity index (χ3v) is 6.39. The summed E-state index contributed by atoms with van der Waals surface area (Å²) in [7, 11) is 1.60. The number of methoxy groups -OCH3 is 1. The van der Waals surface area contributed by atoms with Crippen LogP contribution >= 0.6 is 23.1 Å². The van der Waals surface area contributed by atoms with E-state index < -0.39 is 11.1 Å². The van der Waals surface area contributed by atoms with Gasteiger partial charge < -0.3 is 10.1 Å². The third-order valence-electron chi connectivity index (χ3n) is 4.48. The van der Waals surface area contributed by atoms with E-state index in [0.29, 0.717) is 16.7 Å². The summed E-state index contributed by atoms with van der Waals surface area (Å²) < 4.78 is 21.3. The number of rotatable bonds is 7. The highest BCUT2D eigenvalue weighted by molar-refractivity contribution is 8.00. The Kier molecular flexibility index (Phi) is 6.34. The van der Waals surface area contributed by atoms with Crippen LogP contribution in [-0.2, 0) is 4.79 Å². The molecule has 0 aliphatic carbocycles. The van der Waals surface area contributed by atoms with Gasteiger partial charge in [0.1, 0.15) is 11.6 Å². The molecule has 0 radical (unpaired) electrons. The molecule has 2 aromatic carbocycles. The lowest BCUT2D eigenvalue weighted by molar-refractivity contribution is -0.115. The number of nitrogens with one attached hydrogen (secondary N) is 1. The number of ether oxygens (including phenoxy) is 1. The number of benzene rings is 2. The van der Waals surface area contributed by atoms with E-state index in [-0.39, 0.29) is 11.6 Å². The molecule has 4 aromatic rings. The highest BCUT2D eigenvalue weighted by Crippen LogP contribution is 2.35. The number of carbonyl (C=O) groups excluding carboxylic acids is 1. The Labute approximate surface area is 187 Å². The Morgan fingerprint density at radius 3 is 2.65 bits per heavy atom. The summed E-state index contributed by atoms with van der Waals surface area (Å²) in [5, 5.41) is 13.3. The maximum absolute atomic E-state index is 13.9. The summed E-state index contributed by atoms with van der Waals surface area (Å²) in [5.41, 5.74) is 0.910. The molecule has 9 heteroatoms. The smallest absolute Gasteiger partial charge is 0.237 e. The lowest BCUT2D eigenvalue weighted by Crippen LogP contribution is -2.23. The minimum absolute atomic E-state index is 0.144. The Balaban J connectivity index is 1.67. The van der Waals surface area contributed by atoms with Gasteiger partial charge in [-0.25, -0.2) is 4.39 Å². The number of halogens is 1. The number of carbonyl (C=O) groups is 1. The van der Waals surface area contributed by atoms with Crippen LogP contribution in [-0.4, -0.2) is 33.0 Å².